The van der Waals surface area contributed by atoms with E-state index in [2.05, 4.69) is 26.1 Å². The molecule has 0 bridgehead atoms. The lowest BCUT2D eigenvalue weighted by Gasteiger charge is -2.19. The van der Waals surface area contributed by atoms with Crippen LogP contribution in [0.3, 0.4) is 0 Å². The van der Waals surface area contributed by atoms with Gasteiger partial charge >= 0.3 is 0 Å². The summed E-state index contributed by atoms with van der Waals surface area (Å²) in [7, 11) is 0. The summed E-state index contributed by atoms with van der Waals surface area (Å²) in [5.74, 6) is 1.03. The summed E-state index contributed by atoms with van der Waals surface area (Å²) in [4.78, 5) is 0. The molecule has 120 valence electrons. The van der Waals surface area contributed by atoms with Crippen LogP contribution in [0.2, 0.25) is 0 Å². The summed E-state index contributed by atoms with van der Waals surface area (Å²) in [5, 5.41) is 3.56. The van der Waals surface area contributed by atoms with E-state index in [1.54, 1.807) is 12.1 Å². The maximum Gasteiger partial charge on any atom is 0.123 e. The summed E-state index contributed by atoms with van der Waals surface area (Å²) in [6, 6.07) is 7.07. The van der Waals surface area contributed by atoms with E-state index >= 15 is 0 Å². The van der Waals surface area contributed by atoms with Gasteiger partial charge in [-0.15, -0.1) is 0 Å². The van der Waals surface area contributed by atoms with Gasteiger partial charge < -0.3 is 5.32 Å². The zero-order valence-electron chi connectivity index (χ0n) is 14.0. The van der Waals surface area contributed by atoms with Gasteiger partial charge in [0.05, 0.1) is 0 Å². The highest BCUT2D eigenvalue weighted by atomic mass is 19.1. The van der Waals surface area contributed by atoms with Crippen LogP contribution in [0.1, 0.15) is 70.8 Å². The summed E-state index contributed by atoms with van der Waals surface area (Å²) in [6.07, 6.45) is 7.75. The second kappa shape index (κ2) is 10.8. The fraction of sp³-hybridized carbons (Fsp3) is 0.684. The van der Waals surface area contributed by atoms with Gasteiger partial charge in [0.1, 0.15) is 5.82 Å². The maximum atomic E-state index is 13.1. The molecule has 1 aromatic rings. The van der Waals surface area contributed by atoms with E-state index in [4.69, 9.17) is 0 Å². The molecule has 0 saturated carbocycles. The number of hydrogen-bond acceptors (Lipinski definition) is 1. The van der Waals surface area contributed by atoms with E-state index in [1.165, 1.54) is 44.1 Å². The minimum absolute atomic E-state index is 0.143. The van der Waals surface area contributed by atoms with Crippen molar-refractivity contribution in [2.75, 3.05) is 13.1 Å². The van der Waals surface area contributed by atoms with Crippen LogP contribution in [-0.4, -0.2) is 13.1 Å². The van der Waals surface area contributed by atoms with Crippen molar-refractivity contribution in [1.82, 2.24) is 5.32 Å². The lowest BCUT2D eigenvalue weighted by Crippen LogP contribution is -2.25. The monoisotopic (exact) mass is 293 g/mol. The van der Waals surface area contributed by atoms with Gasteiger partial charge in [0.15, 0.2) is 0 Å². The van der Waals surface area contributed by atoms with E-state index in [9.17, 15) is 4.39 Å². The molecule has 0 heterocycles. The second-order valence-electron chi connectivity index (χ2n) is 6.50. The number of unbranched alkanes of at least 4 members (excludes halogenated alkanes) is 4. The van der Waals surface area contributed by atoms with Gasteiger partial charge in [0, 0.05) is 6.54 Å². The fourth-order valence-corrected chi connectivity index (χ4v) is 2.66. The van der Waals surface area contributed by atoms with Crippen LogP contribution in [0.5, 0.6) is 0 Å². The first kappa shape index (κ1) is 18.2. The molecule has 0 aliphatic carbocycles. The summed E-state index contributed by atoms with van der Waals surface area (Å²) >= 11 is 0. The number of benzene rings is 1. The first-order valence-electron chi connectivity index (χ1n) is 8.59. The molecule has 0 aromatic heterocycles. The Labute approximate surface area is 130 Å². The Morgan fingerprint density at radius 2 is 1.62 bits per heavy atom. The molecule has 1 nitrogen and oxygen atoms in total. The van der Waals surface area contributed by atoms with Crippen molar-refractivity contribution in [2.24, 2.45) is 5.92 Å². The molecule has 21 heavy (non-hydrogen) atoms. The molecule has 0 radical (unpaired) electrons. The summed E-state index contributed by atoms with van der Waals surface area (Å²) in [5.41, 5.74) is 1.27. The van der Waals surface area contributed by atoms with E-state index in [1.807, 2.05) is 12.1 Å². The average Bonchev–Trinajstić information content (AvgIpc) is 2.46. The normalized spacial score (nSPS) is 12.8. The first-order valence-corrected chi connectivity index (χ1v) is 8.59. The van der Waals surface area contributed by atoms with Crippen molar-refractivity contribution in [3.8, 4) is 0 Å². The zero-order chi connectivity index (χ0) is 15.5. The highest BCUT2D eigenvalue weighted by Crippen LogP contribution is 2.22. The quantitative estimate of drug-likeness (QED) is 0.530. The average molecular weight is 293 g/mol. The van der Waals surface area contributed by atoms with Crippen LogP contribution >= 0.6 is 0 Å². The fourth-order valence-electron chi connectivity index (χ4n) is 2.66. The molecule has 1 rings (SSSR count). The predicted molar refractivity (Wildman–Crippen MR) is 90.2 cm³/mol. The van der Waals surface area contributed by atoms with Gasteiger partial charge in [-0.1, -0.05) is 65.0 Å². The highest BCUT2D eigenvalue weighted by molar-refractivity contribution is 5.20. The first-order chi connectivity index (χ1) is 10.1. The van der Waals surface area contributed by atoms with Gasteiger partial charge in [-0.05, 0) is 42.5 Å². The Balaban J connectivity index is 2.46. The molecule has 0 saturated heterocycles. The maximum absolute atomic E-state index is 13.1. The Morgan fingerprint density at radius 3 is 2.24 bits per heavy atom. The van der Waals surface area contributed by atoms with E-state index in [0.29, 0.717) is 11.8 Å². The van der Waals surface area contributed by atoms with Gasteiger partial charge in [0.25, 0.3) is 0 Å². The lowest BCUT2D eigenvalue weighted by atomic mass is 9.92. The minimum Gasteiger partial charge on any atom is -0.316 e. The van der Waals surface area contributed by atoms with Crippen molar-refractivity contribution < 1.29 is 4.39 Å². The smallest absolute Gasteiger partial charge is 0.123 e. The number of hydrogen-bond donors (Lipinski definition) is 1. The van der Waals surface area contributed by atoms with Crippen molar-refractivity contribution in [1.29, 1.82) is 0 Å². The third-order valence-corrected chi connectivity index (χ3v) is 3.94. The van der Waals surface area contributed by atoms with Crippen LogP contribution in [0, 0.1) is 11.7 Å². The molecule has 0 aliphatic rings. The molecule has 1 unspecified atom stereocenters. The molecule has 0 amide bonds. The SMILES string of the molecule is CCCCCCCC(CNCC(C)C)c1ccc(F)cc1. The summed E-state index contributed by atoms with van der Waals surface area (Å²) in [6.45, 7) is 8.75. The molecule has 0 aliphatic heterocycles. The zero-order valence-corrected chi connectivity index (χ0v) is 14.0. The second-order valence-corrected chi connectivity index (χ2v) is 6.50. The summed E-state index contributed by atoms with van der Waals surface area (Å²) < 4.78 is 13.1. The Hall–Kier alpha value is -0.890. The molecular formula is C19H32FN. The van der Waals surface area contributed by atoms with Gasteiger partial charge in [-0.3, -0.25) is 0 Å². The topological polar surface area (TPSA) is 12.0 Å². The third kappa shape index (κ3) is 8.21. The van der Waals surface area contributed by atoms with Crippen LogP contribution < -0.4 is 5.32 Å². The molecular weight excluding hydrogens is 261 g/mol. The standard InChI is InChI=1S/C19H32FN/c1-4-5-6-7-8-9-18(15-21-14-16(2)3)17-10-12-19(20)13-11-17/h10-13,16,18,21H,4-9,14-15H2,1-3H3. The van der Waals surface area contributed by atoms with Crippen LogP contribution in [0.15, 0.2) is 24.3 Å². The number of rotatable bonds is 11. The van der Waals surface area contributed by atoms with Crippen LogP contribution in [-0.2, 0) is 0 Å². The van der Waals surface area contributed by atoms with Crippen molar-refractivity contribution in [2.45, 2.75) is 65.2 Å². The third-order valence-electron chi connectivity index (χ3n) is 3.94. The minimum atomic E-state index is -0.143. The van der Waals surface area contributed by atoms with Crippen LogP contribution in [0.4, 0.5) is 4.39 Å². The molecule has 0 spiro atoms. The van der Waals surface area contributed by atoms with Crippen molar-refractivity contribution in [3.05, 3.63) is 35.6 Å². The largest absolute Gasteiger partial charge is 0.316 e. The lowest BCUT2D eigenvalue weighted by molar-refractivity contribution is 0.480. The van der Waals surface area contributed by atoms with E-state index in [-0.39, 0.29) is 5.82 Å². The van der Waals surface area contributed by atoms with Crippen molar-refractivity contribution in [3.63, 3.8) is 0 Å². The Morgan fingerprint density at radius 1 is 0.952 bits per heavy atom. The van der Waals surface area contributed by atoms with Gasteiger partial charge in [-0.25, -0.2) is 4.39 Å². The highest BCUT2D eigenvalue weighted by Gasteiger charge is 2.11. The Bertz CT molecular complexity index is 358. The van der Waals surface area contributed by atoms with Crippen LogP contribution in [0.25, 0.3) is 0 Å². The predicted octanol–water partition coefficient (Wildman–Crippen LogP) is 5.52. The van der Waals surface area contributed by atoms with E-state index in [0.717, 1.165) is 13.1 Å². The molecule has 1 atom stereocenters. The van der Waals surface area contributed by atoms with E-state index < -0.39 is 0 Å². The van der Waals surface area contributed by atoms with Gasteiger partial charge in [-0.2, -0.15) is 0 Å². The number of nitrogens with one attached hydrogen (secondary N) is 1. The molecule has 1 aromatic carbocycles. The Kier molecular flexibility index (Phi) is 9.32. The molecule has 2 heteroatoms. The van der Waals surface area contributed by atoms with Gasteiger partial charge in [0.2, 0.25) is 0 Å². The molecule has 1 N–H and O–H groups in total. The molecule has 0 fully saturated rings. The van der Waals surface area contributed by atoms with Crippen molar-refractivity contribution >= 4 is 0 Å². The number of halogens is 1.